The second-order valence-electron chi connectivity index (χ2n) is 3.72. The molecule has 0 aromatic carbocycles. The molecule has 0 fully saturated rings. The van der Waals surface area contributed by atoms with Gasteiger partial charge in [-0.25, -0.2) is 9.37 Å². The van der Waals surface area contributed by atoms with Crippen LogP contribution >= 0.6 is 27.3 Å². The fourth-order valence-electron chi connectivity index (χ4n) is 1.32. The minimum absolute atomic E-state index is 0.338. The standard InChI is InChI=1S/C11H10BrFN2S/c1-6(2)9-10(12)15-11(16-9)7-3-8(13)5-14-4-7/h3-6H,1-2H3. The Morgan fingerprint density at radius 3 is 2.69 bits per heavy atom. The van der Waals surface area contributed by atoms with Crippen LogP contribution in [0.1, 0.15) is 24.6 Å². The topological polar surface area (TPSA) is 25.8 Å². The monoisotopic (exact) mass is 300 g/mol. The van der Waals surface area contributed by atoms with E-state index in [2.05, 4.69) is 39.7 Å². The number of thiazole rings is 1. The lowest BCUT2D eigenvalue weighted by Gasteiger charge is -1.98. The third kappa shape index (κ3) is 2.30. The Labute approximate surface area is 106 Å². The van der Waals surface area contributed by atoms with Gasteiger partial charge in [-0.05, 0) is 27.9 Å². The average molecular weight is 301 g/mol. The molecule has 0 unspecified atom stereocenters. The van der Waals surface area contributed by atoms with Gasteiger partial charge in [0.25, 0.3) is 0 Å². The highest BCUT2D eigenvalue weighted by Crippen LogP contribution is 2.35. The van der Waals surface area contributed by atoms with E-state index in [0.29, 0.717) is 5.92 Å². The largest absolute Gasteiger partial charge is 0.261 e. The molecule has 16 heavy (non-hydrogen) atoms. The van der Waals surface area contributed by atoms with Gasteiger partial charge >= 0.3 is 0 Å². The Balaban J connectivity index is 2.45. The predicted molar refractivity (Wildman–Crippen MR) is 67.1 cm³/mol. The van der Waals surface area contributed by atoms with Crippen LogP contribution in [0.3, 0.4) is 0 Å². The molecule has 0 N–H and O–H groups in total. The molecule has 2 aromatic rings. The van der Waals surface area contributed by atoms with E-state index < -0.39 is 0 Å². The van der Waals surface area contributed by atoms with E-state index in [-0.39, 0.29) is 5.82 Å². The molecule has 84 valence electrons. The minimum atomic E-state index is -0.338. The molecule has 0 aliphatic rings. The minimum Gasteiger partial charge on any atom is -0.261 e. The van der Waals surface area contributed by atoms with Crippen molar-refractivity contribution in [2.75, 3.05) is 0 Å². The zero-order valence-corrected chi connectivity index (χ0v) is 11.3. The SMILES string of the molecule is CC(C)c1sc(-c2cncc(F)c2)nc1Br. The van der Waals surface area contributed by atoms with Gasteiger partial charge in [0.2, 0.25) is 0 Å². The molecule has 2 heterocycles. The Kier molecular flexibility index (Phi) is 3.35. The predicted octanol–water partition coefficient (Wildman–Crippen LogP) is 4.23. The summed E-state index contributed by atoms with van der Waals surface area (Å²) in [6.07, 6.45) is 2.81. The van der Waals surface area contributed by atoms with Crippen molar-refractivity contribution in [2.24, 2.45) is 0 Å². The smallest absolute Gasteiger partial charge is 0.142 e. The van der Waals surface area contributed by atoms with Crippen LogP contribution in [0.15, 0.2) is 23.1 Å². The molecule has 0 amide bonds. The lowest BCUT2D eigenvalue weighted by atomic mass is 10.2. The van der Waals surface area contributed by atoms with E-state index in [1.54, 1.807) is 17.5 Å². The summed E-state index contributed by atoms with van der Waals surface area (Å²) in [6, 6.07) is 1.45. The van der Waals surface area contributed by atoms with Crippen molar-refractivity contribution in [3.05, 3.63) is 33.8 Å². The van der Waals surface area contributed by atoms with Crippen molar-refractivity contribution < 1.29 is 4.39 Å². The van der Waals surface area contributed by atoms with Crippen molar-refractivity contribution in [3.63, 3.8) is 0 Å². The fraction of sp³-hybridized carbons (Fsp3) is 0.273. The maximum atomic E-state index is 13.0. The van der Waals surface area contributed by atoms with Gasteiger partial charge in [-0.3, -0.25) is 4.98 Å². The van der Waals surface area contributed by atoms with Gasteiger partial charge in [0.15, 0.2) is 0 Å². The summed E-state index contributed by atoms with van der Waals surface area (Å²) in [7, 11) is 0. The van der Waals surface area contributed by atoms with Crippen LogP contribution in [-0.4, -0.2) is 9.97 Å². The number of aromatic nitrogens is 2. The van der Waals surface area contributed by atoms with Crippen molar-refractivity contribution in [1.82, 2.24) is 9.97 Å². The zero-order chi connectivity index (χ0) is 11.7. The van der Waals surface area contributed by atoms with E-state index >= 15 is 0 Å². The van der Waals surface area contributed by atoms with Gasteiger partial charge in [-0.1, -0.05) is 13.8 Å². The molecule has 2 aromatic heterocycles. The van der Waals surface area contributed by atoms with Gasteiger partial charge in [-0.15, -0.1) is 11.3 Å². The molecule has 2 nitrogen and oxygen atoms in total. The lowest BCUT2D eigenvalue weighted by Crippen LogP contribution is -1.82. The van der Waals surface area contributed by atoms with E-state index in [1.165, 1.54) is 17.1 Å². The van der Waals surface area contributed by atoms with Crippen molar-refractivity contribution in [2.45, 2.75) is 19.8 Å². The maximum Gasteiger partial charge on any atom is 0.142 e. The number of pyridine rings is 1. The van der Waals surface area contributed by atoms with Gasteiger partial charge in [0, 0.05) is 16.6 Å². The first-order valence-electron chi connectivity index (χ1n) is 4.85. The molecule has 0 saturated carbocycles. The molecule has 2 rings (SSSR count). The zero-order valence-electron chi connectivity index (χ0n) is 8.87. The molecule has 0 bridgehead atoms. The van der Waals surface area contributed by atoms with Crippen LogP contribution in [0.25, 0.3) is 10.6 Å². The summed E-state index contributed by atoms with van der Waals surface area (Å²) in [5, 5.41) is 0.794. The van der Waals surface area contributed by atoms with Gasteiger partial charge < -0.3 is 0 Å². The molecule has 0 saturated heterocycles. The Morgan fingerprint density at radius 1 is 1.38 bits per heavy atom. The van der Waals surface area contributed by atoms with Crippen molar-refractivity contribution >= 4 is 27.3 Å². The third-order valence-electron chi connectivity index (χ3n) is 2.09. The van der Waals surface area contributed by atoms with Crippen molar-refractivity contribution in [1.29, 1.82) is 0 Å². The highest BCUT2D eigenvalue weighted by Gasteiger charge is 2.13. The average Bonchev–Trinajstić information content (AvgIpc) is 2.60. The second-order valence-corrected chi connectivity index (χ2v) is 5.50. The molecule has 0 atom stereocenters. The maximum absolute atomic E-state index is 13.0. The van der Waals surface area contributed by atoms with Crippen LogP contribution in [0.5, 0.6) is 0 Å². The molecule has 0 aliphatic heterocycles. The number of halogens is 2. The number of rotatable bonds is 2. The summed E-state index contributed by atoms with van der Waals surface area (Å²) in [6.45, 7) is 4.21. The number of hydrogen-bond acceptors (Lipinski definition) is 3. The van der Waals surface area contributed by atoms with E-state index in [0.717, 1.165) is 15.2 Å². The Bertz CT molecular complexity index is 510. The van der Waals surface area contributed by atoms with Crippen LogP contribution in [-0.2, 0) is 0 Å². The van der Waals surface area contributed by atoms with E-state index in [4.69, 9.17) is 0 Å². The molecule has 5 heteroatoms. The third-order valence-corrected chi connectivity index (χ3v) is 4.36. The first kappa shape index (κ1) is 11.7. The summed E-state index contributed by atoms with van der Waals surface area (Å²) in [5.74, 6) is 0.0667. The lowest BCUT2D eigenvalue weighted by molar-refractivity contribution is 0.622. The summed E-state index contributed by atoms with van der Waals surface area (Å²) < 4.78 is 13.9. The highest BCUT2D eigenvalue weighted by molar-refractivity contribution is 9.10. The number of nitrogens with zero attached hydrogens (tertiary/aromatic N) is 2. The quantitative estimate of drug-likeness (QED) is 0.829. The van der Waals surface area contributed by atoms with Gasteiger partial charge in [-0.2, -0.15) is 0 Å². The fourth-order valence-corrected chi connectivity index (χ4v) is 3.26. The van der Waals surface area contributed by atoms with Gasteiger partial charge in [0.05, 0.1) is 6.20 Å². The molecule has 0 radical (unpaired) electrons. The Morgan fingerprint density at radius 2 is 2.12 bits per heavy atom. The first-order valence-corrected chi connectivity index (χ1v) is 6.46. The molecular formula is C11H10BrFN2S. The Hall–Kier alpha value is -0.810. The molecule has 0 aliphatic carbocycles. The van der Waals surface area contributed by atoms with E-state index in [9.17, 15) is 4.39 Å². The van der Waals surface area contributed by atoms with Crippen molar-refractivity contribution in [3.8, 4) is 10.6 Å². The van der Waals surface area contributed by atoms with Crippen LogP contribution in [0.2, 0.25) is 0 Å². The normalized spacial score (nSPS) is 11.1. The summed E-state index contributed by atoms with van der Waals surface area (Å²) in [5.41, 5.74) is 0.720. The summed E-state index contributed by atoms with van der Waals surface area (Å²) in [4.78, 5) is 9.36. The van der Waals surface area contributed by atoms with Crippen LogP contribution < -0.4 is 0 Å². The van der Waals surface area contributed by atoms with Gasteiger partial charge in [0.1, 0.15) is 15.4 Å². The molecule has 0 spiro atoms. The summed E-state index contributed by atoms with van der Waals surface area (Å²) >= 11 is 4.98. The highest BCUT2D eigenvalue weighted by atomic mass is 79.9. The number of hydrogen-bond donors (Lipinski definition) is 0. The second kappa shape index (κ2) is 4.59. The first-order chi connectivity index (χ1) is 7.58. The molecular weight excluding hydrogens is 291 g/mol. The van der Waals surface area contributed by atoms with Crippen LogP contribution in [0, 0.1) is 5.82 Å². The van der Waals surface area contributed by atoms with Crippen LogP contribution in [0.4, 0.5) is 4.39 Å². The van der Waals surface area contributed by atoms with E-state index in [1.807, 2.05) is 0 Å².